The van der Waals surface area contributed by atoms with Crippen LogP contribution in [0.1, 0.15) is 38.3 Å². The second kappa shape index (κ2) is 7.43. The molecule has 1 atom stereocenters. The number of hydrogen-bond donors (Lipinski definition) is 2. The van der Waals surface area contributed by atoms with Gasteiger partial charge in [-0.3, -0.25) is 9.59 Å². The van der Waals surface area contributed by atoms with Crippen LogP contribution in [0.5, 0.6) is 0 Å². The first-order chi connectivity index (χ1) is 9.43. The normalized spacial score (nSPS) is 12.8. The fourth-order valence-corrected chi connectivity index (χ4v) is 1.79. The molecule has 0 radical (unpaired) electrons. The maximum atomic E-state index is 12.9. The largest absolute Gasteiger partial charge is 0.481 e. The lowest BCUT2D eigenvalue weighted by molar-refractivity contribution is -0.137. The molecule has 1 amide bonds. The predicted molar refractivity (Wildman–Crippen MR) is 73.6 cm³/mol. The summed E-state index contributed by atoms with van der Waals surface area (Å²) in [4.78, 5) is 22.8. The Hall–Kier alpha value is -2.17. The number of halogens is 1. The number of carbonyl (C=O) groups excluding carboxylic acids is 1. The molecule has 1 rings (SSSR count). The molecule has 0 aliphatic heterocycles. The molecule has 20 heavy (non-hydrogen) atoms. The van der Waals surface area contributed by atoms with E-state index in [0.717, 1.165) is 6.42 Å². The first-order valence-corrected chi connectivity index (χ1v) is 6.39. The molecule has 0 spiro atoms. The van der Waals surface area contributed by atoms with Crippen molar-refractivity contribution in [2.75, 3.05) is 0 Å². The molecular formula is C15H18FNO3. The van der Waals surface area contributed by atoms with Crippen LogP contribution in [0, 0.1) is 5.82 Å². The predicted octanol–water partition coefficient (Wildman–Crippen LogP) is 2.81. The standard InChI is InChI=1S/C15H18FNO3/c1-3-4-10(2)15(20)17-13(9-14(18)19)11-5-7-12(16)8-6-11/h4-8,13H,3,9H2,1-2H3,(H,17,20)(H,18,19)/b10-4-. The number of aliphatic carboxylic acids is 1. The van der Waals surface area contributed by atoms with Gasteiger partial charge in [0, 0.05) is 5.57 Å². The van der Waals surface area contributed by atoms with E-state index in [-0.39, 0.29) is 12.3 Å². The van der Waals surface area contributed by atoms with Gasteiger partial charge in [-0.2, -0.15) is 0 Å². The van der Waals surface area contributed by atoms with Crippen molar-refractivity contribution in [2.45, 2.75) is 32.7 Å². The van der Waals surface area contributed by atoms with Crippen LogP contribution in [0.4, 0.5) is 4.39 Å². The Balaban J connectivity index is 2.90. The van der Waals surface area contributed by atoms with E-state index in [9.17, 15) is 14.0 Å². The van der Waals surface area contributed by atoms with E-state index in [4.69, 9.17) is 5.11 Å². The molecule has 4 nitrogen and oxygen atoms in total. The molecule has 1 aromatic rings. The van der Waals surface area contributed by atoms with E-state index >= 15 is 0 Å². The average molecular weight is 279 g/mol. The third-order valence-corrected chi connectivity index (χ3v) is 2.82. The third-order valence-electron chi connectivity index (χ3n) is 2.82. The zero-order chi connectivity index (χ0) is 15.1. The molecule has 0 saturated heterocycles. The summed E-state index contributed by atoms with van der Waals surface area (Å²) in [5, 5.41) is 11.6. The second-order valence-electron chi connectivity index (χ2n) is 4.47. The first kappa shape index (κ1) is 15.9. The summed E-state index contributed by atoms with van der Waals surface area (Å²) in [6.45, 7) is 3.58. The van der Waals surface area contributed by atoms with Crippen molar-refractivity contribution in [3.8, 4) is 0 Å². The highest BCUT2D eigenvalue weighted by Crippen LogP contribution is 2.18. The molecule has 1 unspecified atom stereocenters. The molecule has 0 heterocycles. The van der Waals surface area contributed by atoms with Crippen molar-refractivity contribution in [1.29, 1.82) is 0 Å². The van der Waals surface area contributed by atoms with Gasteiger partial charge in [-0.1, -0.05) is 25.1 Å². The van der Waals surface area contributed by atoms with Gasteiger partial charge in [0.1, 0.15) is 5.82 Å². The summed E-state index contributed by atoms with van der Waals surface area (Å²) >= 11 is 0. The summed E-state index contributed by atoms with van der Waals surface area (Å²) in [5.74, 6) is -1.75. The lowest BCUT2D eigenvalue weighted by Crippen LogP contribution is -2.30. The van der Waals surface area contributed by atoms with Gasteiger partial charge < -0.3 is 10.4 Å². The number of rotatable bonds is 6. The Labute approximate surface area is 117 Å². The van der Waals surface area contributed by atoms with E-state index in [1.165, 1.54) is 24.3 Å². The lowest BCUT2D eigenvalue weighted by atomic mass is 10.0. The summed E-state index contributed by atoms with van der Waals surface area (Å²) in [6, 6.07) is 4.75. The van der Waals surface area contributed by atoms with Gasteiger partial charge in [0.15, 0.2) is 0 Å². The number of allylic oxidation sites excluding steroid dienone is 1. The van der Waals surface area contributed by atoms with Crippen molar-refractivity contribution in [3.05, 3.63) is 47.3 Å². The number of carboxylic acids is 1. The minimum Gasteiger partial charge on any atom is -0.481 e. The molecule has 0 aromatic heterocycles. The molecular weight excluding hydrogens is 261 g/mol. The van der Waals surface area contributed by atoms with Gasteiger partial charge in [-0.25, -0.2) is 4.39 Å². The van der Waals surface area contributed by atoms with Gasteiger partial charge >= 0.3 is 5.97 Å². The van der Waals surface area contributed by atoms with E-state index in [1.807, 2.05) is 6.92 Å². The highest BCUT2D eigenvalue weighted by molar-refractivity contribution is 5.93. The number of carboxylic acid groups (broad SMARTS) is 1. The van der Waals surface area contributed by atoms with Gasteiger partial charge in [0.25, 0.3) is 0 Å². The minimum atomic E-state index is -1.03. The van der Waals surface area contributed by atoms with E-state index in [0.29, 0.717) is 11.1 Å². The fourth-order valence-electron chi connectivity index (χ4n) is 1.79. The molecule has 5 heteroatoms. The van der Waals surface area contributed by atoms with E-state index < -0.39 is 17.8 Å². The van der Waals surface area contributed by atoms with E-state index in [1.54, 1.807) is 13.0 Å². The summed E-state index contributed by atoms with van der Waals surface area (Å²) in [6.07, 6.45) is 2.23. The van der Waals surface area contributed by atoms with Gasteiger partial charge in [-0.05, 0) is 31.0 Å². The van der Waals surface area contributed by atoms with Crippen LogP contribution >= 0.6 is 0 Å². The summed E-state index contributed by atoms with van der Waals surface area (Å²) in [7, 11) is 0. The van der Waals surface area contributed by atoms with Crippen LogP contribution < -0.4 is 5.32 Å². The molecule has 0 aliphatic rings. The van der Waals surface area contributed by atoms with Crippen molar-refractivity contribution in [2.24, 2.45) is 0 Å². The SMILES string of the molecule is CC/C=C(/C)C(=O)NC(CC(=O)O)c1ccc(F)cc1. The number of carbonyl (C=O) groups is 2. The smallest absolute Gasteiger partial charge is 0.305 e. The Morgan fingerprint density at radius 3 is 2.45 bits per heavy atom. The second-order valence-corrected chi connectivity index (χ2v) is 4.47. The molecule has 108 valence electrons. The number of benzene rings is 1. The molecule has 2 N–H and O–H groups in total. The van der Waals surface area contributed by atoms with E-state index in [2.05, 4.69) is 5.32 Å². The molecule has 0 bridgehead atoms. The van der Waals surface area contributed by atoms with Crippen molar-refractivity contribution in [1.82, 2.24) is 5.32 Å². The first-order valence-electron chi connectivity index (χ1n) is 6.39. The molecule has 0 saturated carbocycles. The highest BCUT2D eigenvalue weighted by atomic mass is 19.1. The van der Waals surface area contributed by atoms with Crippen LogP contribution in [0.3, 0.4) is 0 Å². The van der Waals surface area contributed by atoms with Crippen molar-refractivity contribution in [3.63, 3.8) is 0 Å². The number of hydrogen-bond acceptors (Lipinski definition) is 2. The Kier molecular flexibility index (Phi) is 5.90. The number of amides is 1. The quantitative estimate of drug-likeness (QED) is 0.787. The minimum absolute atomic E-state index is 0.253. The zero-order valence-electron chi connectivity index (χ0n) is 11.5. The molecule has 0 fully saturated rings. The number of nitrogens with one attached hydrogen (secondary N) is 1. The van der Waals surface area contributed by atoms with Crippen molar-refractivity contribution >= 4 is 11.9 Å². The van der Waals surface area contributed by atoms with Crippen molar-refractivity contribution < 1.29 is 19.1 Å². The van der Waals surface area contributed by atoms with Crippen LogP contribution in [-0.2, 0) is 9.59 Å². The fraction of sp³-hybridized carbons (Fsp3) is 0.333. The topological polar surface area (TPSA) is 66.4 Å². The van der Waals surface area contributed by atoms with Crippen LogP contribution in [0.2, 0.25) is 0 Å². The van der Waals surface area contributed by atoms with Gasteiger partial charge in [0.2, 0.25) is 5.91 Å². The maximum absolute atomic E-state index is 12.9. The summed E-state index contributed by atoms with van der Waals surface area (Å²) < 4.78 is 12.9. The zero-order valence-corrected chi connectivity index (χ0v) is 11.5. The van der Waals surface area contributed by atoms with Crippen LogP contribution in [0.25, 0.3) is 0 Å². The average Bonchev–Trinajstić information content (AvgIpc) is 2.38. The third kappa shape index (κ3) is 4.84. The Morgan fingerprint density at radius 2 is 1.95 bits per heavy atom. The van der Waals surface area contributed by atoms with Gasteiger partial charge in [0.05, 0.1) is 12.5 Å². The molecule has 1 aromatic carbocycles. The van der Waals surface area contributed by atoms with Crippen LogP contribution in [0.15, 0.2) is 35.9 Å². The Morgan fingerprint density at radius 1 is 1.35 bits per heavy atom. The maximum Gasteiger partial charge on any atom is 0.305 e. The summed E-state index contributed by atoms with van der Waals surface area (Å²) in [5.41, 5.74) is 1.09. The Bertz CT molecular complexity index is 508. The van der Waals surface area contributed by atoms with Gasteiger partial charge in [-0.15, -0.1) is 0 Å². The monoisotopic (exact) mass is 279 g/mol. The van der Waals surface area contributed by atoms with Crippen LogP contribution in [-0.4, -0.2) is 17.0 Å². The highest BCUT2D eigenvalue weighted by Gasteiger charge is 2.18. The molecule has 0 aliphatic carbocycles. The lowest BCUT2D eigenvalue weighted by Gasteiger charge is -2.17.